The third-order valence-corrected chi connectivity index (χ3v) is 3.24. The van der Waals surface area contributed by atoms with Crippen LogP contribution in [0.15, 0.2) is 4.79 Å². The van der Waals surface area contributed by atoms with Crippen molar-refractivity contribution in [1.29, 1.82) is 0 Å². The molecule has 2 heterocycles. The number of H-pyrrole nitrogens is 1. The maximum absolute atomic E-state index is 12.0. The Morgan fingerprint density at radius 1 is 1.37 bits per heavy atom. The summed E-state index contributed by atoms with van der Waals surface area (Å²) in [5.41, 5.74) is 2.48. The minimum absolute atomic E-state index is 0.191. The van der Waals surface area contributed by atoms with Gasteiger partial charge in [0.1, 0.15) is 5.82 Å². The van der Waals surface area contributed by atoms with Gasteiger partial charge in [-0.3, -0.25) is 9.48 Å². The minimum atomic E-state index is -0.285. The van der Waals surface area contributed by atoms with Crippen molar-refractivity contribution in [3.05, 3.63) is 27.3 Å². The maximum atomic E-state index is 12.0. The quantitative estimate of drug-likeness (QED) is 0.876. The second-order valence-corrected chi connectivity index (χ2v) is 4.64. The number of hydrogen-bond acceptors (Lipinski definition) is 4. The van der Waals surface area contributed by atoms with Crippen molar-refractivity contribution in [1.82, 2.24) is 19.7 Å². The summed E-state index contributed by atoms with van der Waals surface area (Å²) < 4.78 is 1.72. The Hall–Kier alpha value is -2.11. The summed E-state index contributed by atoms with van der Waals surface area (Å²) in [6, 6.07) is 0. The Labute approximate surface area is 111 Å². The summed E-state index contributed by atoms with van der Waals surface area (Å²) in [6.07, 6.45) is 1.29. The highest BCUT2D eigenvalue weighted by atomic mass is 16.3. The molecule has 0 aliphatic carbocycles. The number of hydrogen-bond donors (Lipinski definition) is 2. The van der Waals surface area contributed by atoms with Gasteiger partial charge in [-0.05, 0) is 20.3 Å². The topological polar surface area (TPSA) is 83.8 Å². The van der Waals surface area contributed by atoms with Gasteiger partial charge in [0, 0.05) is 12.7 Å². The average Bonchev–Trinajstić information content (AvgIpc) is 2.58. The maximum Gasteiger partial charge on any atom is 0.258 e. The average molecular weight is 262 g/mol. The SMILES string of the molecule is CCCc1c(O)nc(-c2c(C)nn(C)c2C)[nH]c1=O. The Morgan fingerprint density at radius 2 is 2.05 bits per heavy atom. The van der Waals surface area contributed by atoms with Crippen LogP contribution in [0.1, 0.15) is 30.3 Å². The van der Waals surface area contributed by atoms with E-state index in [0.29, 0.717) is 17.8 Å². The van der Waals surface area contributed by atoms with E-state index in [0.717, 1.165) is 23.4 Å². The third kappa shape index (κ3) is 2.25. The Balaban J connectivity index is 2.62. The number of aryl methyl sites for hydroxylation is 2. The first-order valence-electron chi connectivity index (χ1n) is 6.28. The van der Waals surface area contributed by atoms with E-state index in [1.165, 1.54) is 0 Å². The molecule has 0 saturated heterocycles. The van der Waals surface area contributed by atoms with Gasteiger partial charge in [0.05, 0.1) is 16.8 Å². The molecule has 0 amide bonds. The monoisotopic (exact) mass is 262 g/mol. The van der Waals surface area contributed by atoms with Gasteiger partial charge in [-0.2, -0.15) is 10.1 Å². The first-order valence-corrected chi connectivity index (χ1v) is 6.28. The molecule has 0 saturated carbocycles. The highest BCUT2D eigenvalue weighted by molar-refractivity contribution is 5.61. The molecule has 2 N–H and O–H groups in total. The number of aromatic amines is 1. The molecule has 0 radical (unpaired) electrons. The standard InChI is InChI=1S/C13H18N4O2/c1-5-6-9-12(18)14-11(15-13(9)19)10-7(2)16-17(4)8(10)3/h5-6H2,1-4H3,(H2,14,15,18,19). The van der Waals surface area contributed by atoms with Crippen molar-refractivity contribution in [2.45, 2.75) is 33.6 Å². The molecule has 6 heteroatoms. The highest BCUT2D eigenvalue weighted by Gasteiger charge is 2.17. The Morgan fingerprint density at radius 3 is 2.53 bits per heavy atom. The molecular weight excluding hydrogens is 244 g/mol. The van der Waals surface area contributed by atoms with Gasteiger partial charge >= 0.3 is 0 Å². The lowest BCUT2D eigenvalue weighted by molar-refractivity contribution is 0.443. The van der Waals surface area contributed by atoms with Crippen LogP contribution in [0.4, 0.5) is 0 Å². The summed E-state index contributed by atoms with van der Waals surface area (Å²) in [6.45, 7) is 5.69. The smallest absolute Gasteiger partial charge is 0.258 e. The van der Waals surface area contributed by atoms with E-state index >= 15 is 0 Å². The van der Waals surface area contributed by atoms with Gasteiger partial charge in [0.2, 0.25) is 5.88 Å². The van der Waals surface area contributed by atoms with E-state index in [1.807, 2.05) is 27.8 Å². The van der Waals surface area contributed by atoms with Crippen molar-refractivity contribution < 1.29 is 5.11 Å². The fourth-order valence-corrected chi connectivity index (χ4v) is 2.20. The van der Waals surface area contributed by atoms with Gasteiger partial charge in [0.15, 0.2) is 0 Å². The molecule has 0 aromatic carbocycles. The number of rotatable bonds is 3. The van der Waals surface area contributed by atoms with Gasteiger partial charge in [-0.15, -0.1) is 0 Å². The lowest BCUT2D eigenvalue weighted by Gasteiger charge is -2.05. The van der Waals surface area contributed by atoms with E-state index in [1.54, 1.807) is 4.68 Å². The van der Waals surface area contributed by atoms with Gasteiger partial charge in [-0.25, -0.2) is 0 Å². The van der Waals surface area contributed by atoms with Crippen LogP contribution in [0.5, 0.6) is 5.88 Å². The third-order valence-electron chi connectivity index (χ3n) is 3.24. The summed E-state index contributed by atoms with van der Waals surface area (Å²) in [5, 5.41) is 14.2. The normalized spacial score (nSPS) is 10.9. The molecule has 0 bridgehead atoms. The molecule has 0 spiro atoms. The fourth-order valence-electron chi connectivity index (χ4n) is 2.20. The number of aromatic hydroxyl groups is 1. The molecular formula is C13H18N4O2. The second kappa shape index (κ2) is 4.87. The molecule has 102 valence electrons. The molecule has 0 unspecified atom stereocenters. The van der Waals surface area contributed by atoms with E-state index < -0.39 is 0 Å². The van der Waals surface area contributed by atoms with E-state index in [4.69, 9.17) is 0 Å². The predicted octanol–water partition coefficient (Wildman–Crippen LogP) is 1.45. The van der Waals surface area contributed by atoms with Crippen molar-refractivity contribution in [3.8, 4) is 17.3 Å². The largest absolute Gasteiger partial charge is 0.493 e. The molecule has 2 aromatic rings. The summed E-state index contributed by atoms with van der Waals surface area (Å²) in [7, 11) is 1.83. The zero-order valence-corrected chi connectivity index (χ0v) is 11.6. The zero-order chi connectivity index (χ0) is 14.2. The van der Waals surface area contributed by atoms with Crippen LogP contribution < -0.4 is 5.56 Å². The molecule has 0 atom stereocenters. The van der Waals surface area contributed by atoms with Crippen LogP contribution in [-0.4, -0.2) is 24.9 Å². The summed E-state index contributed by atoms with van der Waals surface area (Å²) >= 11 is 0. The van der Waals surface area contributed by atoms with Crippen LogP contribution in [0, 0.1) is 13.8 Å². The molecule has 0 aliphatic rings. The highest BCUT2D eigenvalue weighted by Crippen LogP contribution is 2.24. The van der Waals surface area contributed by atoms with Crippen molar-refractivity contribution in [2.24, 2.45) is 7.05 Å². The fraction of sp³-hybridized carbons (Fsp3) is 0.462. The van der Waals surface area contributed by atoms with Crippen molar-refractivity contribution in [2.75, 3.05) is 0 Å². The number of nitrogens with one attached hydrogen (secondary N) is 1. The molecule has 6 nitrogen and oxygen atoms in total. The molecule has 2 rings (SSSR count). The van der Waals surface area contributed by atoms with Crippen LogP contribution in [0.2, 0.25) is 0 Å². The van der Waals surface area contributed by atoms with E-state index in [2.05, 4.69) is 15.1 Å². The van der Waals surface area contributed by atoms with Crippen molar-refractivity contribution in [3.63, 3.8) is 0 Å². The van der Waals surface area contributed by atoms with Crippen molar-refractivity contribution >= 4 is 0 Å². The van der Waals surface area contributed by atoms with E-state index in [-0.39, 0.29) is 11.4 Å². The zero-order valence-electron chi connectivity index (χ0n) is 11.6. The van der Waals surface area contributed by atoms with Gasteiger partial charge < -0.3 is 10.1 Å². The van der Waals surface area contributed by atoms with Gasteiger partial charge in [0.25, 0.3) is 5.56 Å². The Kier molecular flexibility index (Phi) is 3.42. The first-order chi connectivity index (χ1) is 8.95. The number of nitrogens with zero attached hydrogens (tertiary/aromatic N) is 3. The van der Waals surface area contributed by atoms with Crippen LogP contribution in [0.25, 0.3) is 11.4 Å². The van der Waals surface area contributed by atoms with Crippen LogP contribution in [-0.2, 0) is 13.5 Å². The molecule has 19 heavy (non-hydrogen) atoms. The van der Waals surface area contributed by atoms with E-state index in [9.17, 15) is 9.90 Å². The summed E-state index contributed by atoms with van der Waals surface area (Å²) in [4.78, 5) is 18.8. The minimum Gasteiger partial charge on any atom is -0.493 e. The molecule has 0 aliphatic heterocycles. The molecule has 0 fully saturated rings. The first kappa shape index (κ1) is 13.3. The lowest BCUT2D eigenvalue weighted by atomic mass is 10.1. The Bertz CT molecular complexity index is 670. The van der Waals surface area contributed by atoms with Gasteiger partial charge in [-0.1, -0.05) is 13.3 Å². The van der Waals surface area contributed by atoms with Crippen LogP contribution in [0.3, 0.4) is 0 Å². The second-order valence-electron chi connectivity index (χ2n) is 4.64. The summed E-state index contributed by atoms with van der Waals surface area (Å²) in [5.74, 6) is 0.175. The van der Waals surface area contributed by atoms with Crippen LogP contribution >= 0.6 is 0 Å². The number of aromatic nitrogens is 4. The lowest BCUT2D eigenvalue weighted by Crippen LogP contribution is -2.15. The predicted molar refractivity (Wildman–Crippen MR) is 72.2 cm³/mol. The molecule has 2 aromatic heterocycles.